The van der Waals surface area contributed by atoms with Crippen LogP contribution in [-0.2, 0) is 4.79 Å². The summed E-state index contributed by atoms with van der Waals surface area (Å²) in [6, 6.07) is 7.17. The molecule has 0 heterocycles. The third kappa shape index (κ3) is 2.99. The molecule has 0 aliphatic carbocycles. The Balaban J connectivity index is 2.98. The van der Waals surface area contributed by atoms with Gasteiger partial charge in [-0.3, -0.25) is 4.79 Å². The molecule has 0 fully saturated rings. The Morgan fingerprint density at radius 3 is 2.69 bits per heavy atom. The van der Waals surface area contributed by atoms with Gasteiger partial charge in [0.2, 0.25) is 0 Å². The van der Waals surface area contributed by atoms with Gasteiger partial charge in [0, 0.05) is 5.69 Å². The molecule has 0 radical (unpaired) electrons. The zero-order valence-corrected chi connectivity index (χ0v) is 9.81. The fraction of sp³-hybridized carbons (Fsp3) is 0.462. The minimum Gasteiger partial charge on any atom is -0.481 e. The number of carboxylic acids is 1. The second kappa shape index (κ2) is 5.54. The second-order valence-corrected chi connectivity index (χ2v) is 4.25. The highest BCUT2D eigenvalue weighted by atomic mass is 16.4. The van der Waals surface area contributed by atoms with Gasteiger partial charge in [-0.15, -0.1) is 0 Å². The first-order valence-electron chi connectivity index (χ1n) is 5.64. The Morgan fingerprint density at radius 1 is 1.50 bits per heavy atom. The molecule has 1 rings (SSSR count). The van der Waals surface area contributed by atoms with Gasteiger partial charge in [-0.25, -0.2) is 0 Å². The molecule has 0 aromatic heterocycles. The summed E-state index contributed by atoms with van der Waals surface area (Å²) in [5, 5.41) is 9.27. The van der Waals surface area contributed by atoms with E-state index in [9.17, 15) is 9.90 Å². The maximum Gasteiger partial charge on any atom is 0.311 e. The lowest BCUT2D eigenvalue weighted by Crippen LogP contribution is -2.19. The van der Waals surface area contributed by atoms with Crippen molar-refractivity contribution in [3.8, 4) is 0 Å². The Bertz CT molecular complexity index is 363. The lowest BCUT2D eigenvalue weighted by Gasteiger charge is -2.20. The van der Waals surface area contributed by atoms with Crippen LogP contribution in [0.25, 0.3) is 0 Å². The van der Waals surface area contributed by atoms with E-state index in [0.29, 0.717) is 5.69 Å². The van der Waals surface area contributed by atoms with Crippen molar-refractivity contribution in [2.75, 3.05) is 5.73 Å². The maximum absolute atomic E-state index is 11.3. The number of aliphatic carboxylic acids is 1. The Labute approximate surface area is 96.3 Å². The van der Waals surface area contributed by atoms with Crippen molar-refractivity contribution in [3.63, 3.8) is 0 Å². The van der Waals surface area contributed by atoms with Crippen molar-refractivity contribution in [3.05, 3.63) is 29.8 Å². The SMILES string of the molecule is CCCC(C)C(C(=O)O)c1cccc(N)c1. The monoisotopic (exact) mass is 221 g/mol. The van der Waals surface area contributed by atoms with Crippen LogP contribution in [0.4, 0.5) is 5.69 Å². The first kappa shape index (κ1) is 12.6. The predicted octanol–water partition coefficient (Wildman–Crippen LogP) is 2.87. The number of hydrogen-bond donors (Lipinski definition) is 2. The summed E-state index contributed by atoms with van der Waals surface area (Å²) in [6.45, 7) is 4.04. The van der Waals surface area contributed by atoms with Gasteiger partial charge < -0.3 is 10.8 Å². The van der Waals surface area contributed by atoms with Gasteiger partial charge in [-0.2, -0.15) is 0 Å². The van der Waals surface area contributed by atoms with Crippen molar-refractivity contribution >= 4 is 11.7 Å². The second-order valence-electron chi connectivity index (χ2n) is 4.25. The van der Waals surface area contributed by atoms with Crippen LogP contribution in [0.2, 0.25) is 0 Å². The van der Waals surface area contributed by atoms with Crippen molar-refractivity contribution < 1.29 is 9.90 Å². The van der Waals surface area contributed by atoms with E-state index in [0.717, 1.165) is 18.4 Å². The quantitative estimate of drug-likeness (QED) is 0.751. The van der Waals surface area contributed by atoms with Crippen LogP contribution in [0.5, 0.6) is 0 Å². The lowest BCUT2D eigenvalue weighted by atomic mass is 9.84. The minimum atomic E-state index is -0.772. The normalized spacial score (nSPS) is 14.4. The summed E-state index contributed by atoms with van der Waals surface area (Å²) in [5.74, 6) is -1.10. The van der Waals surface area contributed by atoms with E-state index >= 15 is 0 Å². The van der Waals surface area contributed by atoms with Crippen LogP contribution in [0.15, 0.2) is 24.3 Å². The average Bonchev–Trinajstić information content (AvgIpc) is 2.17. The van der Waals surface area contributed by atoms with Gasteiger partial charge in [-0.1, -0.05) is 32.4 Å². The Hall–Kier alpha value is -1.51. The fourth-order valence-electron chi connectivity index (χ4n) is 2.09. The predicted molar refractivity (Wildman–Crippen MR) is 65.3 cm³/mol. The lowest BCUT2D eigenvalue weighted by molar-refractivity contribution is -0.140. The molecule has 3 heteroatoms. The molecule has 1 aromatic carbocycles. The zero-order valence-electron chi connectivity index (χ0n) is 9.81. The van der Waals surface area contributed by atoms with Crippen LogP contribution < -0.4 is 5.73 Å². The summed E-state index contributed by atoms with van der Waals surface area (Å²) in [7, 11) is 0. The molecule has 3 nitrogen and oxygen atoms in total. The highest BCUT2D eigenvalue weighted by molar-refractivity contribution is 5.76. The molecule has 1 aromatic rings. The van der Waals surface area contributed by atoms with Gasteiger partial charge in [0.15, 0.2) is 0 Å². The highest BCUT2D eigenvalue weighted by Crippen LogP contribution is 2.29. The third-order valence-electron chi connectivity index (χ3n) is 2.85. The molecular formula is C13H19NO2. The number of anilines is 1. The van der Waals surface area contributed by atoms with Crippen LogP contribution in [0, 0.1) is 5.92 Å². The average molecular weight is 221 g/mol. The molecule has 0 amide bonds. The molecular weight excluding hydrogens is 202 g/mol. The van der Waals surface area contributed by atoms with Crippen LogP contribution in [-0.4, -0.2) is 11.1 Å². The van der Waals surface area contributed by atoms with E-state index in [1.54, 1.807) is 18.2 Å². The zero-order chi connectivity index (χ0) is 12.1. The first-order valence-corrected chi connectivity index (χ1v) is 5.64. The molecule has 0 aliphatic heterocycles. The fourth-order valence-corrected chi connectivity index (χ4v) is 2.09. The van der Waals surface area contributed by atoms with E-state index in [2.05, 4.69) is 6.92 Å². The van der Waals surface area contributed by atoms with Crippen LogP contribution >= 0.6 is 0 Å². The third-order valence-corrected chi connectivity index (χ3v) is 2.85. The van der Waals surface area contributed by atoms with Crippen molar-refractivity contribution in [2.24, 2.45) is 5.92 Å². The molecule has 0 spiro atoms. The standard InChI is InChI=1S/C13H19NO2/c1-3-5-9(2)12(13(15)16)10-6-4-7-11(14)8-10/h4,6-9,12H,3,5,14H2,1-2H3,(H,15,16). The van der Waals surface area contributed by atoms with Crippen molar-refractivity contribution in [1.82, 2.24) is 0 Å². The number of nitrogens with two attached hydrogens (primary N) is 1. The number of rotatable bonds is 5. The summed E-state index contributed by atoms with van der Waals surface area (Å²) in [4.78, 5) is 11.3. The van der Waals surface area contributed by atoms with E-state index in [4.69, 9.17) is 5.73 Å². The summed E-state index contributed by atoms with van der Waals surface area (Å²) >= 11 is 0. The van der Waals surface area contributed by atoms with Crippen molar-refractivity contribution in [2.45, 2.75) is 32.6 Å². The van der Waals surface area contributed by atoms with Gasteiger partial charge in [-0.05, 0) is 30.0 Å². The number of carboxylic acid groups (broad SMARTS) is 1. The van der Waals surface area contributed by atoms with E-state index < -0.39 is 11.9 Å². The molecule has 2 unspecified atom stereocenters. The van der Waals surface area contributed by atoms with Crippen LogP contribution in [0.3, 0.4) is 0 Å². The number of hydrogen-bond acceptors (Lipinski definition) is 2. The summed E-state index contributed by atoms with van der Waals surface area (Å²) in [5.41, 5.74) is 7.10. The molecule has 88 valence electrons. The van der Waals surface area contributed by atoms with E-state index in [1.165, 1.54) is 0 Å². The summed E-state index contributed by atoms with van der Waals surface area (Å²) in [6.07, 6.45) is 1.90. The minimum absolute atomic E-state index is 0.129. The largest absolute Gasteiger partial charge is 0.481 e. The van der Waals surface area contributed by atoms with E-state index in [1.807, 2.05) is 13.0 Å². The smallest absolute Gasteiger partial charge is 0.311 e. The van der Waals surface area contributed by atoms with Gasteiger partial charge in [0.25, 0.3) is 0 Å². The van der Waals surface area contributed by atoms with Gasteiger partial charge in [0.1, 0.15) is 0 Å². The molecule has 0 aliphatic rings. The maximum atomic E-state index is 11.3. The van der Waals surface area contributed by atoms with Crippen LogP contribution in [0.1, 0.15) is 38.2 Å². The molecule has 0 saturated heterocycles. The topological polar surface area (TPSA) is 63.3 Å². The summed E-state index contributed by atoms with van der Waals surface area (Å²) < 4.78 is 0. The number of carbonyl (C=O) groups is 1. The molecule has 0 saturated carbocycles. The Kier molecular flexibility index (Phi) is 4.35. The van der Waals surface area contributed by atoms with Gasteiger partial charge >= 0.3 is 5.97 Å². The molecule has 0 bridgehead atoms. The highest BCUT2D eigenvalue weighted by Gasteiger charge is 2.25. The molecule has 3 N–H and O–H groups in total. The van der Waals surface area contributed by atoms with Gasteiger partial charge in [0.05, 0.1) is 5.92 Å². The molecule has 2 atom stereocenters. The number of benzene rings is 1. The van der Waals surface area contributed by atoms with Crippen molar-refractivity contribution in [1.29, 1.82) is 0 Å². The van der Waals surface area contributed by atoms with E-state index in [-0.39, 0.29) is 5.92 Å². The Morgan fingerprint density at radius 2 is 2.19 bits per heavy atom. The molecule has 16 heavy (non-hydrogen) atoms. The number of nitrogen functional groups attached to an aromatic ring is 1. The first-order chi connectivity index (χ1) is 7.56.